The third kappa shape index (κ3) is 2.08. The molecule has 0 saturated carbocycles. The Morgan fingerprint density at radius 3 is 2.35 bits per heavy atom. The fourth-order valence-electron chi connectivity index (χ4n) is 2.58. The number of rotatable bonds is 3. The molecule has 3 aromatic rings. The van der Waals surface area contributed by atoms with Crippen LogP contribution in [-0.2, 0) is 0 Å². The van der Waals surface area contributed by atoms with E-state index in [4.69, 9.17) is 0 Å². The van der Waals surface area contributed by atoms with Crippen molar-refractivity contribution >= 4 is 22.5 Å². The van der Waals surface area contributed by atoms with Crippen molar-refractivity contribution in [3.8, 4) is 11.1 Å². The molecule has 0 aliphatic rings. The maximum Gasteiger partial charge on any atom is 0.0337 e. The number of fused-ring (bicyclic) bond motifs is 1. The van der Waals surface area contributed by atoms with Crippen LogP contribution < -0.4 is 5.32 Å². The Labute approximate surface area is 119 Å². The topological polar surface area (TPSA) is 12.0 Å². The van der Waals surface area contributed by atoms with Gasteiger partial charge in [0.2, 0.25) is 0 Å². The average Bonchev–Trinajstić information content (AvgIpc) is 2.54. The van der Waals surface area contributed by atoms with Crippen LogP contribution in [0.25, 0.3) is 28.0 Å². The highest BCUT2D eigenvalue weighted by Gasteiger charge is 2.06. The Balaban J connectivity index is 2.22. The van der Waals surface area contributed by atoms with Crippen LogP contribution >= 0.6 is 0 Å². The van der Waals surface area contributed by atoms with Crippen molar-refractivity contribution in [2.75, 3.05) is 12.4 Å². The van der Waals surface area contributed by atoms with Crippen LogP contribution in [0.5, 0.6) is 0 Å². The van der Waals surface area contributed by atoms with Crippen LogP contribution in [0.4, 0.5) is 5.69 Å². The Morgan fingerprint density at radius 1 is 0.900 bits per heavy atom. The van der Waals surface area contributed by atoms with Crippen molar-refractivity contribution in [3.63, 3.8) is 0 Å². The monoisotopic (exact) mass is 259 g/mol. The molecule has 0 aliphatic heterocycles. The SMILES string of the molecule is C=Cc1c(-c2ccc(NC)cc2)ccc2ccccc12. The second-order valence-corrected chi connectivity index (χ2v) is 4.78. The highest BCUT2D eigenvalue weighted by Crippen LogP contribution is 2.31. The third-order valence-corrected chi connectivity index (χ3v) is 3.66. The van der Waals surface area contributed by atoms with E-state index in [1.165, 1.54) is 27.5 Å². The van der Waals surface area contributed by atoms with Crippen molar-refractivity contribution in [2.24, 2.45) is 0 Å². The molecule has 0 saturated heterocycles. The number of anilines is 1. The van der Waals surface area contributed by atoms with E-state index in [-0.39, 0.29) is 0 Å². The molecule has 0 aromatic heterocycles. The molecular weight excluding hydrogens is 242 g/mol. The minimum absolute atomic E-state index is 1.12. The zero-order chi connectivity index (χ0) is 13.9. The molecule has 1 heteroatoms. The minimum atomic E-state index is 1.12. The van der Waals surface area contributed by atoms with Gasteiger partial charge in [0, 0.05) is 12.7 Å². The van der Waals surface area contributed by atoms with Crippen molar-refractivity contribution in [3.05, 3.63) is 72.8 Å². The summed E-state index contributed by atoms with van der Waals surface area (Å²) >= 11 is 0. The Morgan fingerprint density at radius 2 is 1.65 bits per heavy atom. The number of hydrogen-bond acceptors (Lipinski definition) is 1. The molecule has 1 N–H and O–H groups in total. The van der Waals surface area contributed by atoms with Crippen molar-refractivity contribution in [1.82, 2.24) is 0 Å². The maximum atomic E-state index is 3.99. The molecule has 3 aromatic carbocycles. The minimum Gasteiger partial charge on any atom is -0.388 e. The molecule has 20 heavy (non-hydrogen) atoms. The van der Waals surface area contributed by atoms with Gasteiger partial charge in [0.15, 0.2) is 0 Å². The lowest BCUT2D eigenvalue weighted by Gasteiger charge is -2.11. The van der Waals surface area contributed by atoms with Gasteiger partial charge in [0.05, 0.1) is 0 Å². The van der Waals surface area contributed by atoms with Gasteiger partial charge in [0.1, 0.15) is 0 Å². The first-order chi connectivity index (χ1) is 9.83. The average molecular weight is 259 g/mol. The van der Waals surface area contributed by atoms with E-state index in [0.29, 0.717) is 0 Å². The largest absolute Gasteiger partial charge is 0.388 e. The molecule has 3 rings (SSSR count). The van der Waals surface area contributed by atoms with Crippen LogP contribution in [0.1, 0.15) is 5.56 Å². The van der Waals surface area contributed by atoms with Gasteiger partial charge < -0.3 is 5.32 Å². The van der Waals surface area contributed by atoms with Gasteiger partial charge >= 0.3 is 0 Å². The second-order valence-electron chi connectivity index (χ2n) is 4.78. The van der Waals surface area contributed by atoms with Crippen LogP contribution in [0, 0.1) is 0 Å². The first-order valence-corrected chi connectivity index (χ1v) is 6.76. The van der Waals surface area contributed by atoms with Crippen molar-refractivity contribution in [1.29, 1.82) is 0 Å². The van der Waals surface area contributed by atoms with Gasteiger partial charge in [-0.15, -0.1) is 0 Å². The summed E-state index contributed by atoms with van der Waals surface area (Å²) in [5.74, 6) is 0. The van der Waals surface area contributed by atoms with Crippen LogP contribution in [0.2, 0.25) is 0 Å². The predicted octanol–water partition coefficient (Wildman–Crippen LogP) is 5.19. The summed E-state index contributed by atoms with van der Waals surface area (Å²) in [5, 5.41) is 5.64. The van der Waals surface area contributed by atoms with E-state index in [0.717, 1.165) is 5.69 Å². The summed E-state index contributed by atoms with van der Waals surface area (Å²) in [5.41, 5.74) is 4.75. The van der Waals surface area contributed by atoms with E-state index >= 15 is 0 Å². The zero-order valence-corrected chi connectivity index (χ0v) is 11.6. The van der Waals surface area contributed by atoms with Gasteiger partial charge in [0.25, 0.3) is 0 Å². The first kappa shape index (κ1) is 12.5. The van der Waals surface area contributed by atoms with Crippen molar-refractivity contribution < 1.29 is 0 Å². The van der Waals surface area contributed by atoms with Gasteiger partial charge in [-0.25, -0.2) is 0 Å². The molecule has 0 heterocycles. The molecule has 98 valence electrons. The fourth-order valence-corrected chi connectivity index (χ4v) is 2.58. The summed E-state index contributed by atoms with van der Waals surface area (Å²) < 4.78 is 0. The molecule has 0 atom stereocenters. The summed E-state index contributed by atoms with van der Waals surface area (Å²) in [4.78, 5) is 0. The molecule has 0 bridgehead atoms. The number of benzene rings is 3. The van der Waals surface area contributed by atoms with Crippen LogP contribution in [0.15, 0.2) is 67.2 Å². The molecule has 0 amide bonds. The predicted molar refractivity (Wildman–Crippen MR) is 89.0 cm³/mol. The van der Waals surface area contributed by atoms with E-state index < -0.39 is 0 Å². The maximum absolute atomic E-state index is 3.99. The van der Waals surface area contributed by atoms with E-state index in [9.17, 15) is 0 Å². The lowest BCUT2D eigenvalue weighted by molar-refractivity contribution is 1.51. The van der Waals surface area contributed by atoms with Crippen LogP contribution in [-0.4, -0.2) is 7.05 Å². The summed E-state index contributed by atoms with van der Waals surface area (Å²) in [6.45, 7) is 3.99. The van der Waals surface area contributed by atoms with Gasteiger partial charge in [-0.1, -0.05) is 61.2 Å². The molecule has 0 unspecified atom stereocenters. The molecule has 0 fully saturated rings. The van der Waals surface area contributed by atoms with E-state index in [1.54, 1.807) is 0 Å². The first-order valence-electron chi connectivity index (χ1n) is 6.76. The summed E-state index contributed by atoms with van der Waals surface area (Å²) in [7, 11) is 1.93. The highest BCUT2D eigenvalue weighted by molar-refractivity contribution is 5.97. The van der Waals surface area contributed by atoms with E-state index in [2.05, 4.69) is 72.6 Å². The van der Waals surface area contributed by atoms with E-state index in [1.807, 2.05) is 13.1 Å². The molecule has 0 spiro atoms. The standard InChI is InChI=1S/C19H17N/c1-3-17-18-7-5-4-6-14(18)10-13-19(17)15-8-11-16(20-2)12-9-15/h3-13,20H,1H2,2H3. The molecule has 1 nitrogen and oxygen atoms in total. The lowest BCUT2D eigenvalue weighted by Crippen LogP contribution is -1.89. The fraction of sp³-hybridized carbons (Fsp3) is 0.0526. The summed E-state index contributed by atoms with van der Waals surface area (Å²) in [6.07, 6.45) is 1.95. The Hall–Kier alpha value is -2.54. The van der Waals surface area contributed by atoms with Gasteiger partial charge in [-0.3, -0.25) is 0 Å². The molecule has 0 aliphatic carbocycles. The normalized spacial score (nSPS) is 10.4. The smallest absolute Gasteiger partial charge is 0.0337 e. The third-order valence-electron chi connectivity index (χ3n) is 3.66. The highest BCUT2D eigenvalue weighted by atomic mass is 14.8. The Bertz CT molecular complexity index is 754. The van der Waals surface area contributed by atoms with Gasteiger partial charge in [-0.2, -0.15) is 0 Å². The number of nitrogens with one attached hydrogen (secondary N) is 1. The number of hydrogen-bond donors (Lipinski definition) is 1. The lowest BCUT2D eigenvalue weighted by atomic mass is 9.94. The Kier molecular flexibility index (Phi) is 3.26. The van der Waals surface area contributed by atoms with Gasteiger partial charge in [-0.05, 0) is 39.6 Å². The second kappa shape index (κ2) is 5.22. The molecule has 0 radical (unpaired) electrons. The molecular formula is C19H17N. The van der Waals surface area contributed by atoms with Crippen molar-refractivity contribution in [2.45, 2.75) is 0 Å². The zero-order valence-electron chi connectivity index (χ0n) is 11.6. The quantitative estimate of drug-likeness (QED) is 0.682. The summed E-state index contributed by atoms with van der Waals surface area (Å²) in [6, 6.07) is 21.2. The van der Waals surface area contributed by atoms with Crippen LogP contribution in [0.3, 0.4) is 0 Å².